The van der Waals surface area contributed by atoms with E-state index in [9.17, 15) is 4.79 Å². The Balaban J connectivity index is -0.000000200. The number of carbonyl (C=O) groups is 2. The first kappa shape index (κ1) is 22.1. The Labute approximate surface area is 110 Å². The Morgan fingerprint density at radius 3 is 1.44 bits per heavy atom. The van der Waals surface area contributed by atoms with Gasteiger partial charge in [-0.1, -0.05) is 6.92 Å². The lowest BCUT2D eigenvalue weighted by Crippen LogP contribution is -2.32. The van der Waals surface area contributed by atoms with Gasteiger partial charge in [-0.2, -0.15) is 0 Å². The highest BCUT2D eigenvalue weighted by atomic mass is 16.4. The molecule has 18 heavy (non-hydrogen) atoms. The van der Waals surface area contributed by atoms with Crippen molar-refractivity contribution in [3.63, 3.8) is 0 Å². The topological polar surface area (TPSA) is 81.1 Å². The van der Waals surface area contributed by atoms with E-state index in [2.05, 4.69) is 25.9 Å². The number of hydrogen-bond acceptors (Lipinski definition) is 4. The maximum absolute atomic E-state index is 10.1. The van der Waals surface area contributed by atoms with Gasteiger partial charge in [0.25, 0.3) is 5.97 Å². The molecule has 0 heterocycles. The Bertz CT molecular complexity index is 214. The molecule has 0 aliphatic carbocycles. The number of nitrogens with zero attached hydrogens (tertiary/aromatic N) is 2. The van der Waals surface area contributed by atoms with Crippen LogP contribution >= 0.6 is 0 Å². The predicted molar refractivity (Wildman–Crippen MR) is 72.9 cm³/mol. The fraction of sp³-hybridized carbons (Fsp3) is 0.833. The Kier molecular flexibility index (Phi) is 17.1. The number of likely N-dealkylation sites (N-methyl/N-ethyl adjacent to an activating group) is 1. The molecule has 0 rings (SSSR count). The van der Waals surface area contributed by atoms with Crippen LogP contribution in [0.15, 0.2) is 0 Å². The molecule has 2 N–H and O–H groups in total. The normalized spacial score (nSPS) is 10.9. The van der Waals surface area contributed by atoms with Gasteiger partial charge in [-0.25, -0.2) is 0 Å². The predicted octanol–water partition coefficient (Wildman–Crippen LogP) is 1.07. The number of rotatable bonds is 4. The van der Waals surface area contributed by atoms with Crippen molar-refractivity contribution in [1.29, 1.82) is 0 Å². The lowest BCUT2D eigenvalue weighted by atomic mass is 10.3. The average Bonchev–Trinajstić information content (AvgIpc) is 2.15. The second-order valence-corrected chi connectivity index (χ2v) is 4.30. The summed E-state index contributed by atoms with van der Waals surface area (Å²) in [6, 6.07) is -0.380. The molecule has 6 nitrogen and oxygen atoms in total. The van der Waals surface area contributed by atoms with Gasteiger partial charge in [0.1, 0.15) is 6.04 Å². The largest absolute Gasteiger partial charge is 0.481 e. The van der Waals surface area contributed by atoms with Gasteiger partial charge in [0.2, 0.25) is 0 Å². The van der Waals surface area contributed by atoms with E-state index in [1.54, 1.807) is 25.9 Å². The second-order valence-electron chi connectivity index (χ2n) is 4.30. The van der Waals surface area contributed by atoms with Gasteiger partial charge in [0.05, 0.1) is 0 Å². The van der Waals surface area contributed by atoms with E-state index in [0.717, 1.165) is 6.92 Å². The molecule has 0 saturated carbocycles. The zero-order chi connectivity index (χ0) is 15.3. The Morgan fingerprint density at radius 2 is 1.44 bits per heavy atom. The van der Waals surface area contributed by atoms with Crippen LogP contribution in [0, 0.1) is 0 Å². The van der Waals surface area contributed by atoms with Gasteiger partial charge in [-0.3, -0.25) is 14.5 Å². The molecule has 0 aliphatic rings. The molecule has 0 aromatic carbocycles. The highest BCUT2D eigenvalue weighted by molar-refractivity contribution is 5.72. The summed E-state index contributed by atoms with van der Waals surface area (Å²) in [5.41, 5.74) is 0. The van der Waals surface area contributed by atoms with Gasteiger partial charge in [0.15, 0.2) is 0 Å². The van der Waals surface area contributed by atoms with Gasteiger partial charge in [-0.05, 0) is 48.1 Å². The van der Waals surface area contributed by atoms with Gasteiger partial charge >= 0.3 is 5.97 Å². The van der Waals surface area contributed by atoms with Crippen molar-refractivity contribution >= 4 is 11.9 Å². The van der Waals surface area contributed by atoms with Crippen molar-refractivity contribution in [2.75, 3.05) is 34.7 Å². The molecule has 0 amide bonds. The van der Waals surface area contributed by atoms with Crippen LogP contribution in [-0.4, -0.2) is 72.7 Å². The van der Waals surface area contributed by atoms with Crippen molar-refractivity contribution in [2.24, 2.45) is 0 Å². The van der Waals surface area contributed by atoms with Crippen LogP contribution in [0.4, 0.5) is 0 Å². The van der Waals surface area contributed by atoms with Gasteiger partial charge in [0, 0.05) is 6.92 Å². The lowest BCUT2D eigenvalue weighted by molar-refractivity contribution is -0.141. The minimum atomic E-state index is -0.833. The fourth-order valence-corrected chi connectivity index (χ4v) is 0.668. The zero-order valence-electron chi connectivity index (χ0n) is 12.6. The number of carboxylic acids is 2. The van der Waals surface area contributed by atoms with Crippen LogP contribution in [0.25, 0.3) is 0 Å². The first-order valence-corrected chi connectivity index (χ1v) is 5.79. The number of aliphatic carboxylic acids is 2. The zero-order valence-corrected chi connectivity index (χ0v) is 12.6. The molecule has 0 aromatic rings. The Hall–Kier alpha value is -1.14. The van der Waals surface area contributed by atoms with E-state index in [4.69, 9.17) is 15.0 Å². The first-order valence-electron chi connectivity index (χ1n) is 5.79. The third-order valence-corrected chi connectivity index (χ3v) is 1.80. The SMILES string of the molecule is CC(=O)O.CC(C(=O)O)N(C)C.CCCN(C)C. The number of hydrogen-bond donors (Lipinski definition) is 2. The summed E-state index contributed by atoms with van der Waals surface area (Å²) >= 11 is 0. The van der Waals surface area contributed by atoms with Crippen molar-refractivity contribution in [3.05, 3.63) is 0 Å². The summed E-state index contributed by atoms with van der Waals surface area (Å²) in [5.74, 6) is -1.62. The monoisotopic (exact) mass is 264 g/mol. The molecule has 0 bridgehead atoms. The van der Waals surface area contributed by atoms with E-state index in [1.165, 1.54) is 13.0 Å². The molecule has 110 valence electrons. The fourth-order valence-electron chi connectivity index (χ4n) is 0.668. The third-order valence-electron chi connectivity index (χ3n) is 1.80. The summed E-state index contributed by atoms with van der Waals surface area (Å²) < 4.78 is 0. The van der Waals surface area contributed by atoms with Crippen LogP contribution in [0.3, 0.4) is 0 Å². The summed E-state index contributed by atoms with van der Waals surface area (Å²) in [7, 11) is 7.64. The molecule has 0 aliphatic heterocycles. The third kappa shape index (κ3) is 29.4. The summed E-state index contributed by atoms with van der Waals surface area (Å²) in [6.45, 7) is 6.11. The highest BCUT2D eigenvalue weighted by Gasteiger charge is 2.11. The molecular weight excluding hydrogens is 236 g/mol. The maximum Gasteiger partial charge on any atom is 0.320 e. The van der Waals surface area contributed by atoms with Gasteiger partial charge < -0.3 is 15.1 Å². The summed E-state index contributed by atoms with van der Waals surface area (Å²) in [6.07, 6.45) is 1.26. The molecule has 0 radical (unpaired) electrons. The van der Waals surface area contributed by atoms with E-state index in [-0.39, 0.29) is 6.04 Å². The molecule has 0 fully saturated rings. The highest BCUT2D eigenvalue weighted by Crippen LogP contribution is 1.88. The molecular formula is C12H28N2O4. The Morgan fingerprint density at radius 1 is 1.11 bits per heavy atom. The molecule has 0 saturated heterocycles. The molecule has 1 atom stereocenters. The van der Waals surface area contributed by atoms with E-state index in [0.29, 0.717) is 0 Å². The lowest BCUT2D eigenvalue weighted by Gasteiger charge is -2.13. The van der Waals surface area contributed by atoms with E-state index in [1.807, 2.05) is 0 Å². The van der Waals surface area contributed by atoms with Crippen molar-refractivity contribution in [3.8, 4) is 0 Å². The van der Waals surface area contributed by atoms with E-state index < -0.39 is 11.9 Å². The standard InChI is InChI=1S/C5H11NO2.C5H13N.C2H4O2/c1-4(5(7)8)6(2)3;1-4-5-6(2)3;1-2(3)4/h4H,1-3H3,(H,7,8);4-5H2,1-3H3;1H3,(H,3,4). The van der Waals surface area contributed by atoms with Crippen molar-refractivity contribution < 1.29 is 19.8 Å². The van der Waals surface area contributed by atoms with Gasteiger partial charge in [-0.15, -0.1) is 0 Å². The molecule has 0 spiro atoms. The van der Waals surface area contributed by atoms with Crippen LogP contribution < -0.4 is 0 Å². The van der Waals surface area contributed by atoms with Crippen LogP contribution in [-0.2, 0) is 9.59 Å². The number of carboxylic acid groups (broad SMARTS) is 2. The van der Waals surface area contributed by atoms with Crippen LogP contribution in [0.5, 0.6) is 0 Å². The summed E-state index contributed by atoms with van der Waals surface area (Å²) in [4.78, 5) is 22.9. The van der Waals surface area contributed by atoms with Crippen LogP contribution in [0.1, 0.15) is 27.2 Å². The van der Waals surface area contributed by atoms with Crippen molar-refractivity contribution in [1.82, 2.24) is 9.80 Å². The average molecular weight is 264 g/mol. The maximum atomic E-state index is 10.1. The first-order chi connectivity index (χ1) is 8.06. The minimum absolute atomic E-state index is 0.380. The molecule has 6 heteroatoms. The molecule has 0 aromatic heterocycles. The summed E-state index contributed by atoms with van der Waals surface area (Å²) in [5, 5.41) is 15.7. The van der Waals surface area contributed by atoms with Crippen molar-refractivity contribution in [2.45, 2.75) is 33.2 Å². The quantitative estimate of drug-likeness (QED) is 0.790. The second kappa shape index (κ2) is 13.9. The van der Waals surface area contributed by atoms with Crippen LogP contribution in [0.2, 0.25) is 0 Å². The minimum Gasteiger partial charge on any atom is -0.481 e. The smallest absolute Gasteiger partial charge is 0.320 e. The molecule has 1 unspecified atom stereocenters. The van der Waals surface area contributed by atoms with E-state index >= 15 is 0 Å².